The van der Waals surface area contributed by atoms with Crippen molar-refractivity contribution in [3.63, 3.8) is 0 Å². The number of ether oxygens (including phenoxy) is 1. The summed E-state index contributed by atoms with van der Waals surface area (Å²) in [6.07, 6.45) is 1.09. The minimum atomic E-state index is -0.504. The molecule has 1 amide bonds. The van der Waals surface area contributed by atoms with Crippen LogP contribution >= 0.6 is 0 Å². The van der Waals surface area contributed by atoms with Gasteiger partial charge in [-0.15, -0.1) is 0 Å². The summed E-state index contributed by atoms with van der Waals surface area (Å²) in [4.78, 5) is 11.9. The molecule has 2 atom stereocenters. The average molecular weight is 248 g/mol. The molecule has 0 aliphatic carbocycles. The number of carbonyl (C=O) groups excluding carboxylic acids is 1. The van der Waals surface area contributed by atoms with Gasteiger partial charge in [-0.2, -0.15) is 5.26 Å². The lowest BCUT2D eigenvalue weighted by Crippen LogP contribution is -2.28. The van der Waals surface area contributed by atoms with E-state index in [4.69, 9.17) is 10.00 Å². The highest BCUT2D eigenvalue weighted by molar-refractivity contribution is 5.95. The van der Waals surface area contributed by atoms with E-state index in [1.54, 1.807) is 0 Å². The van der Waals surface area contributed by atoms with Crippen LogP contribution in [0.15, 0.2) is 18.2 Å². The Hall–Kier alpha value is -1.93. The fourth-order valence-corrected chi connectivity index (χ4v) is 1.93. The average Bonchev–Trinajstić information content (AvgIpc) is 2.78. The second-order valence-electron chi connectivity index (χ2n) is 4.30. The molecule has 0 radical (unpaired) electrons. The zero-order valence-corrected chi connectivity index (χ0v) is 9.94. The van der Waals surface area contributed by atoms with Crippen LogP contribution in [0.5, 0.6) is 0 Å². The van der Waals surface area contributed by atoms with E-state index in [0.717, 1.165) is 12.5 Å². The van der Waals surface area contributed by atoms with E-state index in [9.17, 15) is 9.18 Å². The quantitative estimate of drug-likeness (QED) is 0.872. The smallest absolute Gasteiger partial charge is 0.253 e. The Bertz CT molecular complexity index is 510. The molecule has 1 aliphatic rings. The number of nitrogens with one attached hydrogen (secondary N) is 1. The Balaban J connectivity index is 2.10. The summed E-state index contributed by atoms with van der Waals surface area (Å²) in [5.41, 5.74) is 0.418. The standard InChI is InChI=1S/C13H13FN2O2/c1-8-2-5-12(18-8)13(17)16-11-4-3-10(14)6-9(11)7-15/h3-4,6,8,12H,2,5H2,1H3,(H,16,17). The fraction of sp³-hybridized carbons (Fsp3) is 0.385. The molecule has 1 aromatic rings. The molecule has 94 valence electrons. The van der Waals surface area contributed by atoms with Crippen molar-refractivity contribution in [2.24, 2.45) is 0 Å². The molecule has 4 nitrogen and oxygen atoms in total. The number of halogens is 1. The SMILES string of the molecule is CC1CCC(C(=O)Nc2ccc(F)cc2C#N)O1. The number of rotatable bonds is 2. The van der Waals surface area contributed by atoms with Gasteiger partial charge in [0.2, 0.25) is 0 Å². The van der Waals surface area contributed by atoms with Crippen LogP contribution in [0.1, 0.15) is 25.3 Å². The van der Waals surface area contributed by atoms with Gasteiger partial charge in [0, 0.05) is 0 Å². The van der Waals surface area contributed by atoms with Gasteiger partial charge in [0.05, 0.1) is 17.4 Å². The summed E-state index contributed by atoms with van der Waals surface area (Å²) in [5.74, 6) is -0.794. The fourth-order valence-electron chi connectivity index (χ4n) is 1.93. The Morgan fingerprint density at radius 1 is 1.56 bits per heavy atom. The third kappa shape index (κ3) is 2.66. The number of benzene rings is 1. The molecular formula is C13H13FN2O2. The van der Waals surface area contributed by atoms with Crippen LogP contribution in [0, 0.1) is 17.1 Å². The maximum atomic E-state index is 12.9. The molecule has 5 heteroatoms. The van der Waals surface area contributed by atoms with Gasteiger partial charge in [-0.05, 0) is 38.0 Å². The second kappa shape index (κ2) is 5.15. The number of nitrogens with zero attached hydrogens (tertiary/aromatic N) is 1. The highest BCUT2D eigenvalue weighted by Crippen LogP contribution is 2.22. The zero-order valence-electron chi connectivity index (χ0n) is 9.94. The molecular weight excluding hydrogens is 235 g/mol. The molecule has 1 N–H and O–H groups in total. The summed E-state index contributed by atoms with van der Waals surface area (Å²) in [6.45, 7) is 1.91. The summed E-state index contributed by atoms with van der Waals surface area (Å²) in [6, 6.07) is 5.52. The van der Waals surface area contributed by atoms with E-state index < -0.39 is 11.9 Å². The summed E-state index contributed by atoms with van der Waals surface area (Å²) in [7, 11) is 0. The first-order valence-electron chi connectivity index (χ1n) is 5.76. The molecule has 18 heavy (non-hydrogen) atoms. The summed E-state index contributed by atoms with van der Waals surface area (Å²) >= 11 is 0. The van der Waals surface area contributed by atoms with Crippen LogP contribution in [0.3, 0.4) is 0 Å². The number of amides is 1. The maximum Gasteiger partial charge on any atom is 0.253 e. The van der Waals surface area contributed by atoms with Crippen molar-refractivity contribution in [2.45, 2.75) is 32.0 Å². The molecule has 1 aromatic carbocycles. The van der Waals surface area contributed by atoms with Crippen LogP contribution in [0.2, 0.25) is 0 Å². The molecule has 0 spiro atoms. The molecule has 1 fully saturated rings. The van der Waals surface area contributed by atoms with E-state index in [2.05, 4.69) is 5.32 Å². The predicted octanol–water partition coefficient (Wildman–Crippen LogP) is 2.20. The van der Waals surface area contributed by atoms with Gasteiger partial charge in [0.15, 0.2) is 0 Å². The van der Waals surface area contributed by atoms with Crippen molar-refractivity contribution in [1.29, 1.82) is 5.26 Å². The highest BCUT2D eigenvalue weighted by Gasteiger charge is 2.28. The van der Waals surface area contributed by atoms with Crippen molar-refractivity contribution in [1.82, 2.24) is 0 Å². The van der Waals surface area contributed by atoms with Crippen LogP contribution in [-0.2, 0) is 9.53 Å². The first-order chi connectivity index (χ1) is 8.60. The van der Waals surface area contributed by atoms with Gasteiger partial charge in [0.1, 0.15) is 18.0 Å². The number of nitriles is 1. The molecule has 0 aromatic heterocycles. The number of anilines is 1. The second-order valence-corrected chi connectivity index (χ2v) is 4.30. The molecule has 0 bridgehead atoms. The third-order valence-corrected chi connectivity index (χ3v) is 2.88. The zero-order chi connectivity index (χ0) is 13.1. The normalized spacial score (nSPS) is 22.5. The first kappa shape index (κ1) is 12.5. The Labute approximate surface area is 104 Å². The van der Waals surface area contributed by atoms with Crippen molar-refractivity contribution >= 4 is 11.6 Å². The Kier molecular flexibility index (Phi) is 3.58. The Morgan fingerprint density at radius 2 is 2.33 bits per heavy atom. The number of hydrogen-bond donors (Lipinski definition) is 1. The van der Waals surface area contributed by atoms with Gasteiger partial charge in [0.25, 0.3) is 5.91 Å². The monoisotopic (exact) mass is 248 g/mol. The number of hydrogen-bond acceptors (Lipinski definition) is 3. The summed E-state index contributed by atoms with van der Waals surface area (Å²) < 4.78 is 18.4. The van der Waals surface area contributed by atoms with Crippen LogP contribution < -0.4 is 5.32 Å². The topological polar surface area (TPSA) is 62.1 Å². The maximum absolute atomic E-state index is 12.9. The van der Waals surface area contributed by atoms with Crippen molar-refractivity contribution in [3.05, 3.63) is 29.6 Å². The molecule has 2 unspecified atom stereocenters. The van der Waals surface area contributed by atoms with Crippen LogP contribution in [-0.4, -0.2) is 18.1 Å². The lowest BCUT2D eigenvalue weighted by Gasteiger charge is -2.12. The molecule has 1 aliphatic heterocycles. The van der Waals surface area contributed by atoms with Crippen molar-refractivity contribution in [2.75, 3.05) is 5.32 Å². The van der Waals surface area contributed by atoms with E-state index in [0.29, 0.717) is 12.1 Å². The van der Waals surface area contributed by atoms with Crippen molar-refractivity contribution in [3.8, 4) is 6.07 Å². The third-order valence-electron chi connectivity index (χ3n) is 2.88. The molecule has 2 rings (SSSR count). The lowest BCUT2D eigenvalue weighted by molar-refractivity contribution is -0.126. The minimum absolute atomic E-state index is 0.0735. The van der Waals surface area contributed by atoms with E-state index in [1.165, 1.54) is 12.1 Å². The van der Waals surface area contributed by atoms with E-state index in [-0.39, 0.29) is 17.6 Å². The molecule has 1 saturated heterocycles. The minimum Gasteiger partial charge on any atom is -0.365 e. The predicted molar refractivity (Wildman–Crippen MR) is 63.3 cm³/mol. The Morgan fingerprint density at radius 3 is 2.94 bits per heavy atom. The highest BCUT2D eigenvalue weighted by atomic mass is 19.1. The van der Waals surface area contributed by atoms with E-state index in [1.807, 2.05) is 13.0 Å². The van der Waals surface area contributed by atoms with Gasteiger partial charge in [-0.25, -0.2) is 4.39 Å². The van der Waals surface area contributed by atoms with Crippen molar-refractivity contribution < 1.29 is 13.9 Å². The van der Waals surface area contributed by atoms with Gasteiger partial charge < -0.3 is 10.1 Å². The largest absolute Gasteiger partial charge is 0.365 e. The van der Waals surface area contributed by atoms with Gasteiger partial charge in [-0.3, -0.25) is 4.79 Å². The van der Waals surface area contributed by atoms with E-state index >= 15 is 0 Å². The van der Waals surface area contributed by atoms with Gasteiger partial charge >= 0.3 is 0 Å². The lowest BCUT2D eigenvalue weighted by atomic mass is 10.1. The number of carbonyl (C=O) groups is 1. The first-order valence-corrected chi connectivity index (χ1v) is 5.76. The molecule has 0 saturated carbocycles. The summed E-state index contributed by atoms with van der Waals surface area (Å²) in [5, 5.41) is 11.5. The van der Waals surface area contributed by atoms with Crippen LogP contribution in [0.25, 0.3) is 0 Å². The molecule has 1 heterocycles. The van der Waals surface area contributed by atoms with Gasteiger partial charge in [-0.1, -0.05) is 0 Å². The van der Waals surface area contributed by atoms with Crippen LogP contribution in [0.4, 0.5) is 10.1 Å².